The van der Waals surface area contributed by atoms with E-state index in [1.54, 1.807) is 6.07 Å². The molecule has 0 saturated carbocycles. The van der Waals surface area contributed by atoms with Crippen molar-refractivity contribution in [2.75, 3.05) is 26.7 Å². The quantitative estimate of drug-likeness (QED) is 0.664. The standard InChI is InChI=1S/C14H20FN3O2/c1-17(9-11-4-6-16-7-5-11)10-12-2-3-14(18(19)20)13(15)8-12/h2-3,8,11,16H,4-7,9-10H2,1H3. The second kappa shape index (κ2) is 6.76. The first kappa shape index (κ1) is 14.9. The summed E-state index contributed by atoms with van der Waals surface area (Å²) >= 11 is 0. The van der Waals surface area contributed by atoms with Gasteiger partial charge in [0.15, 0.2) is 0 Å². The zero-order valence-corrected chi connectivity index (χ0v) is 11.6. The van der Waals surface area contributed by atoms with Crippen LogP contribution in [0, 0.1) is 21.8 Å². The van der Waals surface area contributed by atoms with Gasteiger partial charge in [-0.05, 0) is 50.5 Å². The van der Waals surface area contributed by atoms with Gasteiger partial charge in [0.25, 0.3) is 0 Å². The Morgan fingerprint density at radius 3 is 2.75 bits per heavy atom. The van der Waals surface area contributed by atoms with E-state index in [9.17, 15) is 14.5 Å². The Labute approximate surface area is 117 Å². The number of hydrogen-bond acceptors (Lipinski definition) is 4. The number of nitro groups is 1. The molecule has 1 aromatic rings. The number of piperidine rings is 1. The molecule has 2 rings (SSSR count). The van der Waals surface area contributed by atoms with Crippen LogP contribution in [0.25, 0.3) is 0 Å². The number of nitrogens with one attached hydrogen (secondary N) is 1. The topological polar surface area (TPSA) is 58.4 Å². The number of benzene rings is 1. The summed E-state index contributed by atoms with van der Waals surface area (Å²) in [5.41, 5.74) is 0.305. The number of nitro benzene ring substituents is 1. The smallest absolute Gasteiger partial charge is 0.304 e. The lowest BCUT2D eigenvalue weighted by Crippen LogP contribution is -2.34. The zero-order valence-electron chi connectivity index (χ0n) is 11.6. The summed E-state index contributed by atoms with van der Waals surface area (Å²) in [6, 6.07) is 4.13. The highest BCUT2D eigenvalue weighted by Crippen LogP contribution is 2.19. The van der Waals surface area contributed by atoms with E-state index in [0.29, 0.717) is 12.5 Å². The van der Waals surface area contributed by atoms with Gasteiger partial charge in [0.2, 0.25) is 5.82 Å². The fraction of sp³-hybridized carbons (Fsp3) is 0.571. The van der Waals surface area contributed by atoms with Gasteiger partial charge < -0.3 is 10.2 Å². The molecule has 1 heterocycles. The molecule has 0 spiro atoms. The summed E-state index contributed by atoms with van der Waals surface area (Å²) in [5, 5.41) is 13.9. The minimum atomic E-state index is -0.761. The largest absolute Gasteiger partial charge is 0.317 e. The highest BCUT2D eigenvalue weighted by molar-refractivity contribution is 5.34. The van der Waals surface area contributed by atoms with Crippen molar-refractivity contribution >= 4 is 5.69 Å². The monoisotopic (exact) mass is 281 g/mol. The van der Waals surface area contributed by atoms with Gasteiger partial charge in [-0.2, -0.15) is 4.39 Å². The Morgan fingerprint density at radius 1 is 1.45 bits per heavy atom. The first-order valence-electron chi connectivity index (χ1n) is 6.88. The van der Waals surface area contributed by atoms with Gasteiger partial charge in [0.05, 0.1) is 4.92 Å². The van der Waals surface area contributed by atoms with Gasteiger partial charge in [0, 0.05) is 19.2 Å². The third-order valence-corrected chi connectivity index (χ3v) is 3.69. The Balaban J connectivity index is 1.92. The summed E-state index contributed by atoms with van der Waals surface area (Å²) in [6.07, 6.45) is 2.33. The van der Waals surface area contributed by atoms with Crippen molar-refractivity contribution in [1.82, 2.24) is 10.2 Å². The van der Waals surface area contributed by atoms with E-state index in [1.807, 2.05) is 7.05 Å². The Morgan fingerprint density at radius 2 is 2.15 bits per heavy atom. The highest BCUT2D eigenvalue weighted by Gasteiger charge is 2.17. The molecule has 0 unspecified atom stereocenters. The van der Waals surface area contributed by atoms with E-state index in [0.717, 1.165) is 25.2 Å². The lowest BCUT2D eigenvalue weighted by Gasteiger charge is -2.27. The lowest BCUT2D eigenvalue weighted by molar-refractivity contribution is -0.387. The maximum Gasteiger partial charge on any atom is 0.304 e. The number of nitrogens with zero attached hydrogens (tertiary/aromatic N) is 2. The van der Waals surface area contributed by atoms with Crippen LogP contribution in [0.15, 0.2) is 18.2 Å². The number of hydrogen-bond donors (Lipinski definition) is 1. The van der Waals surface area contributed by atoms with Crippen LogP contribution in [-0.4, -0.2) is 36.5 Å². The maximum absolute atomic E-state index is 13.5. The molecule has 1 aliphatic heterocycles. The Kier molecular flexibility index (Phi) is 5.03. The van der Waals surface area contributed by atoms with Crippen LogP contribution in [0.1, 0.15) is 18.4 Å². The van der Waals surface area contributed by atoms with Crippen LogP contribution in [-0.2, 0) is 6.54 Å². The summed E-state index contributed by atoms with van der Waals surface area (Å²) in [4.78, 5) is 12.0. The molecule has 1 N–H and O–H groups in total. The predicted molar refractivity (Wildman–Crippen MR) is 75.0 cm³/mol. The van der Waals surface area contributed by atoms with Gasteiger partial charge in [-0.1, -0.05) is 6.07 Å². The van der Waals surface area contributed by atoms with E-state index in [1.165, 1.54) is 25.0 Å². The number of rotatable bonds is 5. The molecular formula is C14H20FN3O2. The average Bonchev–Trinajstić information content (AvgIpc) is 2.39. The fourth-order valence-corrected chi connectivity index (χ4v) is 2.68. The zero-order chi connectivity index (χ0) is 14.5. The molecule has 0 aromatic heterocycles. The number of halogens is 1. The van der Waals surface area contributed by atoms with E-state index in [-0.39, 0.29) is 0 Å². The van der Waals surface area contributed by atoms with Crippen LogP contribution < -0.4 is 5.32 Å². The first-order chi connectivity index (χ1) is 9.56. The Hall–Kier alpha value is -1.53. The second-order valence-electron chi connectivity index (χ2n) is 5.43. The maximum atomic E-state index is 13.5. The van der Waals surface area contributed by atoms with Crippen LogP contribution in [0.4, 0.5) is 10.1 Å². The molecule has 110 valence electrons. The molecule has 0 aliphatic carbocycles. The van der Waals surface area contributed by atoms with Crippen molar-refractivity contribution in [2.24, 2.45) is 5.92 Å². The summed E-state index contributed by atoms with van der Waals surface area (Å²) < 4.78 is 13.5. The molecule has 20 heavy (non-hydrogen) atoms. The summed E-state index contributed by atoms with van der Waals surface area (Å²) in [7, 11) is 2.00. The van der Waals surface area contributed by atoms with E-state index in [2.05, 4.69) is 10.2 Å². The third-order valence-electron chi connectivity index (χ3n) is 3.69. The van der Waals surface area contributed by atoms with Gasteiger partial charge in [-0.25, -0.2) is 0 Å². The molecule has 1 saturated heterocycles. The summed E-state index contributed by atoms with van der Waals surface area (Å²) in [6.45, 7) is 3.70. The molecule has 0 atom stereocenters. The van der Waals surface area contributed by atoms with Crippen LogP contribution >= 0.6 is 0 Å². The molecule has 0 amide bonds. The molecule has 6 heteroatoms. The first-order valence-corrected chi connectivity index (χ1v) is 6.88. The fourth-order valence-electron chi connectivity index (χ4n) is 2.68. The van der Waals surface area contributed by atoms with Gasteiger partial charge in [-0.15, -0.1) is 0 Å². The molecule has 1 aromatic carbocycles. The molecule has 1 aliphatic rings. The SMILES string of the molecule is CN(Cc1ccc([N+](=O)[O-])c(F)c1)CC1CCNCC1. The van der Waals surface area contributed by atoms with Gasteiger partial charge in [0.1, 0.15) is 0 Å². The normalized spacial score (nSPS) is 16.6. The minimum absolute atomic E-state index is 0.463. The van der Waals surface area contributed by atoms with Crippen LogP contribution in [0.3, 0.4) is 0 Å². The van der Waals surface area contributed by atoms with Gasteiger partial charge in [-0.3, -0.25) is 10.1 Å². The van der Waals surface area contributed by atoms with Crippen molar-refractivity contribution in [3.05, 3.63) is 39.7 Å². The predicted octanol–water partition coefficient (Wildman–Crippen LogP) is 2.17. The highest BCUT2D eigenvalue weighted by atomic mass is 19.1. The van der Waals surface area contributed by atoms with E-state index in [4.69, 9.17) is 0 Å². The third kappa shape index (κ3) is 3.98. The minimum Gasteiger partial charge on any atom is -0.317 e. The van der Waals surface area contributed by atoms with Crippen LogP contribution in [0.2, 0.25) is 0 Å². The molecule has 0 radical (unpaired) electrons. The van der Waals surface area contributed by atoms with Crippen LogP contribution in [0.5, 0.6) is 0 Å². The van der Waals surface area contributed by atoms with E-state index < -0.39 is 16.4 Å². The Bertz CT molecular complexity index is 475. The molecule has 5 nitrogen and oxygen atoms in total. The van der Waals surface area contributed by atoms with Crippen molar-refractivity contribution in [3.63, 3.8) is 0 Å². The lowest BCUT2D eigenvalue weighted by atomic mass is 9.97. The van der Waals surface area contributed by atoms with Crippen molar-refractivity contribution in [1.29, 1.82) is 0 Å². The summed E-state index contributed by atoms with van der Waals surface area (Å²) in [5.74, 6) is -0.0908. The van der Waals surface area contributed by atoms with Gasteiger partial charge >= 0.3 is 5.69 Å². The second-order valence-corrected chi connectivity index (χ2v) is 5.43. The average molecular weight is 281 g/mol. The molecule has 1 fully saturated rings. The van der Waals surface area contributed by atoms with Crippen molar-refractivity contribution < 1.29 is 9.31 Å². The molecule has 0 bridgehead atoms. The molecular weight excluding hydrogens is 261 g/mol. The van der Waals surface area contributed by atoms with Crippen molar-refractivity contribution in [2.45, 2.75) is 19.4 Å². The van der Waals surface area contributed by atoms with Crippen molar-refractivity contribution in [3.8, 4) is 0 Å². The van der Waals surface area contributed by atoms with E-state index >= 15 is 0 Å².